The van der Waals surface area contributed by atoms with E-state index in [4.69, 9.17) is 0 Å². The molecular formula is C9H7IN6. The smallest absolute Gasteiger partial charge is 0.206 e. The Kier molecular flexibility index (Phi) is 2.13. The van der Waals surface area contributed by atoms with Gasteiger partial charge in [0.15, 0.2) is 5.82 Å². The average Bonchev–Trinajstić information content (AvgIpc) is 2.86. The predicted molar refractivity (Wildman–Crippen MR) is 65.4 cm³/mol. The van der Waals surface area contributed by atoms with Crippen LogP contribution in [0.3, 0.4) is 0 Å². The van der Waals surface area contributed by atoms with Gasteiger partial charge in [0.2, 0.25) is 5.65 Å². The highest BCUT2D eigenvalue weighted by atomic mass is 127. The molecule has 0 aliphatic carbocycles. The van der Waals surface area contributed by atoms with Crippen LogP contribution in [0.2, 0.25) is 0 Å². The molecule has 3 aromatic heterocycles. The van der Waals surface area contributed by atoms with Crippen LogP contribution in [0.25, 0.3) is 11.5 Å². The summed E-state index contributed by atoms with van der Waals surface area (Å²) in [5.74, 6) is 1.52. The highest BCUT2D eigenvalue weighted by molar-refractivity contribution is 14.1. The zero-order valence-corrected chi connectivity index (χ0v) is 10.5. The van der Waals surface area contributed by atoms with E-state index in [1.165, 1.54) is 0 Å². The van der Waals surface area contributed by atoms with Gasteiger partial charge in [0.25, 0.3) is 0 Å². The van der Waals surface area contributed by atoms with Gasteiger partial charge < -0.3 is 0 Å². The molecule has 3 rings (SSSR count). The highest BCUT2D eigenvalue weighted by Crippen LogP contribution is 2.12. The van der Waals surface area contributed by atoms with Gasteiger partial charge in [-0.05, 0) is 29.5 Å². The van der Waals surface area contributed by atoms with Crippen LogP contribution < -0.4 is 0 Å². The van der Waals surface area contributed by atoms with Gasteiger partial charge in [-0.15, -0.1) is 10.2 Å². The number of halogens is 1. The summed E-state index contributed by atoms with van der Waals surface area (Å²) in [7, 11) is 0. The lowest BCUT2D eigenvalue weighted by Gasteiger charge is -2.01. The van der Waals surface area contributed by atoms with E-state index in [-0.39, 0.29) is 0 Å². The van der Waals surface area contributed by atoms with Crippen molar-refractivity contribution in [1.82, 2.24) is 29.4 Å². The third kappa shape index (κ3) is 1.39. The Balaban J connectivity index is 2.31. The van der Waals surface area contributed by atoms with E-state index in [1.54, 1.807) is 17.1 Å². The monoisotopic (exact) mass is 326 g/mol. The Morgan fingerprint density at radius 2 is 2.19 bits per heavy atom. The molecule has 6 nitrogen and oxygen atoms in total. The number of nitrogens with zero attached hydrogens (tertiary/aromatic N) is 6. The lowest BCUT2D eigenvalue weighted by Crippen LogP contribution is -2.02. The van der Waals surface area contributed by atoms with E-state index in [1.807, 2.05) is 23.7 Å². The SMILES string of the molecule is Cc1nnc2c(-n3cc(I)cn3)nccn12. The second kappa shape index (κ2) is 3.51. The molecule has 80 valence electrons. The molecule has 7 heteroatoms. The fourth-order valence-corrected chi connectivity index (χ4v) is 1.90. The lowest BCUT2D eigenvalue weighted by molar-refractivity contribution is 0.839. The fraction of sp³-hybridized carbons (Fsp3) is 0.111. The average molecular weight is 326 g/mol. The van der Waals surface area contributed by atoms with E-state index in [0.717, 1.165) is 9.39 Å². The Morgan fingerprint density at radius 3 is 2.94 bits per heavy atom. The Hall–Kier alpha value is -1.51. The van der Waals surface area contributed by atoms with E-state index >= 15 is 0 Å². The van der Waals surface area contributed by atoms with Gasteiger partial charge in [-0.1, -0.05) is 0 Å². The minimum absolute atomic E-state index is 0.686. The van der Waals surface area contributed by atoms with Crippen molar-refractivity contribution in [2.45, 2.75) is 6.92 Å². The van der Waals surface area contributed by atoms with Crippen LogP contribution in [0.1, 0.15) is 5.82 Å². The highest BCUT2D eigenvalue weighted by Gasteiger charge is 2.09. The van der Waals surface area contributed by atoms with Crippen LogP contribution >= 0.6 is 22.6 Å². The maximum Gasteiger partial charge on any atom is 0.206 e. The third-order valence-electron chi connectivity index (χ3n) is 2.25. The summed E-state index contributed by atoms with van der Waals surface area (Å²) in [6.45, 7) is 1.90. The quantitative estimate of drug-likeness (QED) is 0.631. The topological polar surface area (TPSA) is 60.9 Å². The van der Waals surface area contributed by atoms with Gasteiger partial charge >= 0.3 is 0 Å². The van der Waals surface area contributed by atoms with Crippen LogP contribution in [0, 0.1) is 10.5 Å². The number of rotatable bonds is 1. The van der Waals surface area contributed by atoms with E-state index in [9.17, 15) is 0 Å². The Morgan fingerprint density at radius 1 is 1.31 bits per heavy atom. The van der Waals surface area contributed by atoms with E-state index in [0.29, 0.717) is 11.5 Å². The molecular weight excluding hydrogens is 319 g/mol. The van der Waals surface area contributed by atoms with Crippen molar-refractivity contribution in [2.24, 2.45) is 0 Å². The minimum Gasteiger partial charge on any atom is -0.282 e. The number of hydrogen-bond donors (Lipinski definition) is 0. The van der Waals surface area contributed by atoms with Crippen LogP contribution in [-0.2, 0) is 0 Å². The van der Waals surface area contributed by atoms with Crippen LogP contribution in [0.5, 0.6) is 0 Å². The molecule has 0 saturated heterocycles. The summed E-state index contributed by atoms with van der Waals surface area (Å²) < 4.78 is 4.64. The third-order valence-corrected chi connectivity index (χ3v) is 2.80. The molecule has 16 heavy (non-hydrogen) atoms. The second-order valence-corrected chi connectivity index (χ2v) is 4.54. The molecule has 0 unspecified atom stereocenters. The maximum absolute atomic E-state index is 4.28. The van der Waals surface area contributed by atoms with Crippen molar-refractivity contribution in [3.05, 3.63) is 34.2 Å². The minimum atomic E-state index is 0.686. The Labute approximate surface area is 104 Å². The van der Waals surface area contributed by atoms with Crippen LogP contribution in [0.15, 0.2) is 24.8 Å². The van der Waals surface area contributed by atoms with Crippen LogP contribution in [0.4, 0.5) is 0 Å². The number of hydrogen-bond acceptors (Lipinski definition) is 4. The van der Waals surface area contributed by atoms with Gasteiger partial charge in [-0.25, -0.2) is 9.67 Å². The van der Waals surface area contributed by atoms with Gasteiger partial charge in [-0.3, -0.25) is 4.40 Å². The fourth-order valence-electron chi connectivity index (χ4n) is 1.51. The van der Waals surface area contributed by atoms with E-state index < -0.39 is 0 Å². The van der Waals surface area contributed by atoms with Gasteiger partial charge in [-0.2, -0.15) is 5.10 Å². The molecule has 0 aliphatic rings. The molecule has 0 amide bonds. The molecule has 3 aromatic rings. The molecule has 0 aromatic carbocycles. The molecule has 0 spiro atoms. The zero-order chi connectivity index (χ0) is 11.1. The molecule has 0 atom stereocenters. The molecule has 0 N–H and O–H groups in total. The first-order valence-corrected chi connectivity index (χ1v) is 5.70. The largest absolute Gasteiger partial charge is 0.282 e. The number of aromatic nitrogens is 6. The standard InChI is InChI=1S/C9H7IN6/c1-6-13-14-9-8(11-2-3-15(6)9)16-5-7(10)4-12-16/h2-5H,1H3. The number of fused-ring (bicyclic) bond motifs is 1. The van der Waals surface area contributed by atoms with Crippen molar-refractivity contribution in [1.29, 1.82) is 0 Å². The molecule has 0 radical (unpaired) electrons. The summed E-state index contributed by atoms with van der Waals surface area (Å²) in [6, 6.07) is 0. The predicted octanol–water partition coefficient (Wildman–Crippen LogP) is 1.22. The first-order chi connectivity index (χ1) is 7.75. The van der Waals surface area contributed by atoms with Crippen molar-refractivity contribution in [3.8, 4) is 5.82 Å². The zero-order valence-electron chi connectivity index (χ0n) is 8.37. The molecule has 0 aliphatic heterocycles. The second-order valence-electron chi connectivity index (χ2n) is 3.29. The summed E-state index contributed by atoms with van der Waals surface area (Å²) >= 11 is 2.20. The van der Waals surface area contributed by atoms with Gasteiger partial charge in [0.1, 0.15) is 5.82 Å². The van der Waals surface area contributed by atoms with Gasteiger partial charge in [0.05, 0.1) is 9.77 Å². The number of aryl methyl sites for hydroxylation is 1. The maximum atomic E-state index is 4.28. The van der Waals surface area contributed by atoms with Crippen molar-refractivity contribution in [2.75, 3.05) is 0 Å². The first-order valence-electron chi connectivity index (χ1n) is 4.62. The molecule has 0 fully saturated rings. The van der Waals surface area contributed by atoms with Crippen molar-refractivity contribution < 1.29 is 0 Å². The van der Waals surface area contributed by atoms with Gasteiger partial charge in [0, 0.05) is 18.6 Å². The molecule has 3 heterocycles. The lowest BCUT2D eigenvalue weighted by atomic mass is 10.5. The van der Waals surface area contributed by atoms with Crippen molar-refractivity contribution >= 4 is 28.2 Å². The summed E-state index contributed by atoms with van der Waals surface area (Å²) in [5, 5.41) is 12.3. The summed E-state index contributed by atoms with van der Waals surface area (Å²) in [5.41, 5.74) is 0.708. The van der Waals surface area contributed by atoms with E-state index in [2.05, 4.69) is 42.9 Å². The first kappa shape index (κ1) is 9.70. The summed E-state index contributed by atoms with van der Waals surface area (Å²) in [4.78, 5) is 4.28. The molecule has 0 saturated carbocycles. The normalized spacial score (nSPS) is 11.1. The summed E-state index contributed by atoms with van der Waals surface area (Å²) in [6.07, 6.45) is 7.22. The Bertz CT molecular complexity index is 655. The van der Waals surface area contributed by atoms with Crippen molar-refractivity contribution in [3.63, 3.8) is 0 Å². The molecule has 0 bridgehead atoms. The van der Waals surface area contributed by atoms with Crippen LogP contribution in [-0.4, -0.2) is 29.4 Å².